The Bertz CT molecular complexity index is 1060. The lowest BCUT2D eigenvalue weighted by Gasteiger charge is -2.30. The van der Waals surface area contributed by atoms with E-state index in [1.54, 1.807) is 14.2 Å². The van der Waals surface area contributed by atoms with E-state index in [0.717, 1.165) is 33.9 Å². The second-order valence-corrected chi connectivity index (χ2v) is 9.56. The Morgan fingerprint density at radius 3 is 2.13 bits per heavy atom. The molecule has 31 heavy (non-hydrogen) atoms. The second-order valence-electron chi connectivity index (χ2n) is 7.16. The molecule has 0 saturated heterocycles. The molecule has 0 aliphatic carbocycles. The van der Waals surface area contributed by atoms with E-state index in [-0.39, 0.29) is 16.5 Å². The maximum Gasteiger partial charge on any atom is 0.341 e. The van der Waals surface area contributed by atoms with Crippen LogP contribution in [0, 0.1) is 0 Å². The van der Waals surface area contributed by atoms with E-state index >= 15 is 0 Å². The summed E-state index contributed by atoms with van der Waals surface area (Å²) in [6, 6.07) is 16.2. The van der Waals surface area contributed by atoms with Crippen molar-refractivity contribution in [3.05, 3.63) is 75.7 Å². The van der Waals surface area contributed by atoms with Crippen molar-refractivity contribution in [2.75, 3.05) is 26.6 Å². The molecule has 0 saturated carbocycles. The minimum atomic E-state index is -0.341. The number of thiophene rings is 1. The van der Waals surface area contributed by atoms with Gasteiger partial charge in [0.1, 0.15) is 16.5 Å². The number of anilines is 1. The third-order valence-electron chi connectivity index (χ3n) is 5.38. The Morgan fingerprint density at radius 2 is 1.58 bits per heavy atom. The molecule has 2 atom stereocenters. The lowest BCUT2D eigenvalue weighted by molar-refractivity contribution is 0.0527. The molecule has 1 aliphatic rings. The minimum Gasteiger partial charge on any atom is -0.497 e. The van der Waals surface area contributed by atoms with Crippen LogP contribution in [0.2, 0.25) is 0 Å². The summed E-state index contributed by atoms with van der Waals surface area (Å²) in [4.78, 5) is 13.8. The second kappa shape index (κ2) is 9.24. The van der Waals surface area contributed by atoms with Gasteiger partial charge in [0, 0.05) is 10.1 Å². The summed E-state index contributed by atoms with van der Waals surface area (Å²) in [5, 5.41) is 0.767. The number of hydrogen-bond donors (Lipinski definition) is 1. The number of carbonyl (C=O) groups is 1. The van der Waals surface area contributed by atoms with Crippen molar-refractivity contribution in [1.82, 2.24) is 0 Å². The molecule has 7 heteroatoms. The van der Waals surface area contributed by atoms with Gasteiger partial charge in [0.25, 0.3) is 0 Å². The number of benzene rings is 2. The zero-order chi connectivity index (χ0) is 22.0. The largest absolute Gasteiger partial charge is 0.497 e. The summed E-state index contributed by atoms with van der Waals surface area (Å²) in [5.74, 6) is 1.30. The fourth-order valence-corrected chi connectivity index (χ4v) is 6.72. The first-order chi connectivity index (χ1) is 15.0. The van der Waals surface area contributed by atoms with Crippen LogP contribution in [-0.4, -0.2) is 26.8 Å². The molecule has 0 fully saturated rings. The average molecular weight is 456 g/mol. The smallest absolute Gasteiger partial charge is 0.341 e. The van der Waals surface area contributed by atoms with Crippen LogP contribution >= 0.6 is 23.1 Å². The van der Waals surface area contributed by atoms with Crippen molar-refractivity contribution in [3.63, 3.8) is 0 Å². The van der Waals surface area contributed by atoms with Crippen LogP contribution in [0.1, 0.15) is 49.3 Å². The van der Waals surface area contributed by atoms with Crippen LogP contribution in [0.25, 0.3) is 0 Å². The molecule has 3 aromatic rings. The minimum absolute atomic E-state index is 0.0669. The molecular formula is C24H25NO4S2. The molecule has 2 aromatic carbocycles. The highest BCUT2D eigenvalue weighted by Crippen LogP contribution is 2.55. The fourth-order valence-electron chi connectivity index (χ4n) is 3.83. The normalized spacial score (nSPS) is 17.6. The van der Waals surface area contributed by atoms with E-state index in [2.05, 4.69) is 24.3 Å². The van der Waals surface area contributed by atoms with Gasteiger partial charge in [-0.3, -0.25) is 0 Å². The van der Waals surface area contributed by atoms with Crippen LogP contribution in [0.15, 0.2) is 48.5 Å². The molecule has 0 amide bonds. The standard InChI is InChI=1S/C24H25NO4S2/c1-4-29-24(26)20-18-13-19(14-5-9-16(27-2)10-6-14)30-21(22(18)31-23(20)25)15-7-11-17(28-3)12-8-15/h5-12,19,21H,4,13,25H2,1-3H3. The zero-order valence-corrected chi connectivity index (χ0v) is 19.3. The summed E-state index contributed by atoms with van der Waals surface area (Å²) in [6.07, 6.45) is 0.723. The number of carbonyl (C=O) groups excluding carboxylic acids is 1. The van der Waals surface area contributed by atoms with Gasteiger partial charge < -0.3 is 19.9 Å². The highest BCUT2D eigenvalue weighted by Gasteiger charge is 2.36. The summed E-state index contributed by atoms with van der Waals surface area (Å²) in [7, 11) is 3.32. The van der Waals surface area contributed by atoms with Crippen LogP contribution in [0.5, 0.6) is 11.5 Å². The summed E-state index contributed by atoms with van der Waals surface area (Å²) < 4.78 is 16.0. The predicted octanol–water partition coefficient (Wildman–Crippen LogP) is 5.64. The third-order valence-corrected chi connectivity index (χ3v) is 8.20. The number of hydrogen-bond acceptors (Lipinski definition) is 7. The lowest BCUT2D eigenvalue weighted by Crippen LogP contribution is -2.16. The van der Waals surface area contributed by atoms with E-state index < -0.39 is 0 Å². The Kier molecular flexibility index (Phi) is 6.43. The zero-order valence-electron chi connectivity index (χ0n) is 17.7. The SMILES string of the molecule is CCOC(=O)c1c(N)sc2c1CC(c1ccc(OC)cc1)SC2c1ccc(OC)cc1. The van der Waals surface area contributed by atoms with Crippen molar-refractivity contribution < 1.29 is 19.0 Å². The summed E-state index contributed by atoms with van der Waals surface area (Å²) in [6.45, 7) is 2.13. The van der Waals surface area contributed by atoms with Crippen molar-refractivity contribution in [2.45, 2.75) is 23.8 Å². The van der Waals surface area contributed by atoms with Crippen molar-refractivity contribution in [2.24, 2.45) is 0 Å². The highest BCUT2D eigenvalue weighted by atomic mass is 32.2. The molecule has 0 spiro atoms. The number of fused-ring (bicyclic) bond motifs is 1. The number of rotatable bonds is 6. The van der Waals surface area contributed by atoms with E-state index in [0.29, 0.717) is 17.2 Å². The molecule has 1 aromatic heterocycles. The molecule has 5 nitrogen and oxygen atoms in total. The first-order valence-electron chi connectivity index (χ1n) is 10.1. The Morgan fingerprint density at radius 1 is 1.00 bits per heavy atom. The molecule has 4 rings (SSSR count). The molecular weight excluding hydrogens is 430 g/mol. The topological polar surface area (TPSA) is 70.8 Å². The molecule has 162 valence electrons. The first kappa shape index (κ1) is 21.6. The number of esters is 1. The highest BCUT2D eigenvalue weighted by molar-refractivity contribution is 8.00. The summed E-state index contributed by atoms with van der Waals surface area (Å²) >= 11 is 3.37. The predicted molar refractivity (Wildman–Crippen MR) is 127 cm³/mol. The van der Waals surface area contributed by atoms with E-state index in [1.165, 1.54) is 16.9 Å². The Balaban J connectivity index is 1.79. The monoisotopic (exact) mass is 455 g/mol. The quantitative estimate of drug-likeness (QED) is 0.485. The average Bonchev–Trinajstić information content (AvgIpc) is 3.14. The molecule has 2 unspecified atom stereocenters. The van der Waals surface area contributed by atoms with Crippen molar-refractivity contribution >= 4 is 34.1 Å². The Labute approximate surface area is 190 Å². The number of thioether (sulfide) groups is 1. The number of ether oxygens (including phenoxy) is 3. The van der Waals surface area contributed by atoms with Gasteiger partial charge in [-0.05, 0) is 54.3 Å². The van der Waals surface area contributed by atoms with Crippen LogP contribution in [-0.2, 0) is 11.2 Å². The number of nitrogens with two attached hydrogens (primary N) is 1. The van der Waals surface area contributed by atoms with Crippen LogP contribution in [0.4, 0.5) is 5.00 Å². The van der Waals surface area contributed by atoms with Gasteiger partial charge in [0.2, 0.25) is 0 Å². The van der Waals surface area contributed by atoms with Gasteiger partial charge in [-0.1, -0.05) is 24.3 Å². The van der Waals surface area contributed by atoms with E-state index in [1.807, 2.05) is 43.0 Å². The third kappa shape index (κ3) is 4.25. The van der Waals surface area contributed by atoms with Gasteiger partial charge in [-0.25, -0.2) is 4.79 Å². The molecule has 1 aliphatic heterocycles. The number of nitrogen functional groups attached to an aromatic ring is 1. The van der Waals surface area contributed by atoms with Gasteiger partial charge >= 0.3 is 5.97 Å². The van der Waals surface area contributed by atoms with E-state index in [9.17, 15) is 4.79 Å². The van der Waals surface area contributed by atoms with E-state index in [4.69, 9.17) is 19.9 Å². The molecule has 0 radical (unpaired) electrons. The first-order valence-corrected chi connectivity index (χ1v) is 11.8. The number of methoxy groups -OCH3 is 2. The maximum absolute atomic E-state index is 12.7. The molecule has 2 N–H and O–H groups in total. The fraction of sp³-hybridized carbons (Fsp3) is 0.292. The summed E-state index contributed by atoms with van der Waals surface area (Å²) in [5.41, 5.74) is 10.2. The Hall–Kier alpha value is -2.64. The van der Waals surface area contributed by atoms with Gasteiger partial charge in [0.15, 0.2) is 0 Å². The lowest BCUT2D eigenvalue weighted by atomic mass is 9.96. The van der Waals surface area contributed by atoms with Gasteiger partial charge in [-0.15, -0.1) is 23.1 Å². The van der Waals surface area contributed by atoms with Gasteiger partial charge in [0.05, 0.1) is 31.6 Å². The van der Waals surface area contributed by atoms with Crippen LogP contribution < -0.4 is 15.2 Å². The maximum atomic E-state index is 12.7. The van der Waals surface area contributed by atoms with Crippen molar-refractivity contribution in [3.8, 4) is 11.5 Å². The van der Waals surface area contributed by atoms with Crippen molar-refractivity contribution in [1.29, 1.82) is 0 Å². The van der Waals surface area contributed by atoms with Crippen LogP contribution in [0.3, 0.4) is 0 Å². The molecule has 2 heterocycles. The van der Waals surface area contributed by atoms with Gasteiger partial charge in [-0.2, -0.15) is 0 Å². The molecule has 0 bridgehead atoms.